The molecule has 0 saturated carbocycles. The highest BCUT2D eigenvalue weighted by Crippen LogP contribution is 2.37. The second-order valence-electron chi connectivity index (χ2n) is 9.70. The van der Waals surface area contributed by atoms with Crippen molar-refractivity contribution in [2.24, 2.45) is 7.05 Å². The van der Waals surface area contributed by atoms with Gasteiger partial charge >= 0.3 is 0 Å². The molecule has 3 atom stereocenters. The normalized spacial score (nSPS) is 20.9. The van der Waals surface area contributed by atoms with Crippen molar-refractivity contribution >= 4 is 16.7 Å². The van der Waals surface area contributed by atoms with Gasteiger partial charge in [0.1, 0.15) is 25.3 Å². The molecule has 2 aliphatic rings. The molecule has 1 saturated heterocycles. The molecule has 0 bridgehead atoms. The molecule has 36 heavy (non-hydrogen) atoms. The lowest BCUT2D eigenvalue weighted by molar-refractivity contribution is 0.101. The molecule has 4 heterocycles. The smallest absolute Gasteiger partial charge is 0.252 e. The van der Waals surface area contributed by atoms with Gasteiger partial charge < -0.3 is 18.9 Å². The molecular formula is C27H34N6O3. The Morgan fingerprint density at radius 2 is 1.86 bits per heavy atom. The lowest BCUT2D eigenvalue weighted by Gasteiger charge is -2.49. The molecule has 1 unspecified atom stereocenters. The van der Waals surface area contributed by atoms with E-state index in [1.807, 2.05) is 6.07 Å². The summed E-state index contributed by atoms with van der Waals surface area (Å²) in [4.78, 5) is 17.8. The van der Waals surface area contributed by atoms with E-state index in [4.69, 9.17) is 19.8 Å². The summed E-state index contributed by atoms with van der Waals surface area (Å²) in [6, 6.07) is 10.9. The molecular weight excluding hydrogens is 456 g/mol. The molecule has 0 aliphatic carbocycles. The minimum atomic E-state index is -0.0658. The van der Waals surface area contributed by atoms with E-state index in [9.17, 15) is 4.79 Å². The Bertz CT molecular complexity index is 1360. The number of nitrogens with zero attached hydrogens (tertiary/aromatic N) is 6. The molecule has 0 N–H and O–H groups in total. The lowest BCUT2D eigenvalue weighted by Crippen LogP contribution is -2.58. The average Bonchev–Trinajstić information content (AvgIpc) is 3.33. The van der Waals surface area contributed by atoms with E-state index in [0.717, 1.165) is 54.2 Å². The van der Waals surface area contributed by atoms with E-state index in [1.54, 1.807) is 28.6 Å². The van der Waals surface area contributed by atoms with Crippen LogP contribution in [0.5, 0.6) is 11.5 Å². The van der Waals surface area contributed by atoms with E-state index in [2.05, 4.69) is 48.8 Å². The van der Waals surface area contributed by atoms with Crippen LogP contribution < -0.4 is 19.9 Å². The average molecular weight is 491 g/mol. The van der Waals surface area contributed by atoms with E-state index in [0.29, 0.717) is 19.3 Å². The van der Waals surface area contributed by atoms with Gasteiger partial charge in [-0.25, -0.2) is 0 Å². The van der Waals surface area contributed by atoms with Gasteiger partial charge in [0.2, 0.25) is 0 Å². The second kappa shape index (κ2) is 9.86. The summed E-state index contributed by atoms with van der Waals surface area (Å²) in [6.45, 7) is 9.67. The topological polar surface area (TPSA) is 88.5 Å². The van der Waals surface area contributed by atoms with Crippen LogP contribution in [0, 0.1) is 11.3 Å². The summed E-state index contributed by atoms with van der Waals surface area (Å²) in [5.74, 6) is 1.63. The van der Waals surface area contributed by atoms with Crippen LogP contribution in [0.3, 0.4) is 0 Å². The highest BCUT2D eigenvalue weighted by Gasteiger charge is 2.36. The van der Waals surface area contributed by atoms with E-state index < -0.39 is 0 Å². The van der Waals surface area contributed by atoms with Crippen molar-refractivity contribution in [2.75, 3.05) is 31.2 Å². The van der Waals surface area contributed by atoms with Crippen molar-refractivity contribution in [3.63, 3.8) is 0 Å². The Hall–Kier alpha value is -3.51. The van der Waals surface area contributed by atoms with Crippen molar-refractivity contribution in [3.8, 4) is 17.6 Å². The van der Waals surface area contributed by atoms with Crippen molar-refractivity contribution in [1.29, 1.82) is 5.26 Å². The van der Waals surface area contributed by atoms with Crippen LogP contribution in [-0.2, 0) is 13.6 Å². The molecule has 2 aliphatic heterocycles. The molecule has 0 radical (unpaired) electrons. The van der Waals surface area contributed by atoms with Crippen molar-refractivity contribution < 1.29 is 9.47 Å². The fourth-order valence-electron chi connectivity index (χ4n) is 5.58. The monoisotopic (exact) mass is 490 g/mol. The van der Waals surface area contributed by atoms with Gasteiger partial charge in [-0.15, -0.1) is 0 Å². The van der Waals surface area contributed by atoms with Crippen LogP contribution in [-0.4, -0.2) is 57.6 Å². The van der Waals surface area contributed by atoms with Crippen molar-refractivity contribution in [1.82, 2.24) is 19.2 Å². The van der Waals surface area contributed by atoms with Gasteiger partial charge in [-0.1, -0.05) is 19.9 Å². The minimum absolute atomic E-state index is 0.0658. The predicted molar refractivity (Wildman–Crippen MR) is 139 cm³/mol. The third kappa shape index (κ3) is 4.20. The Morgan fingerprint density at radius 1 is 1.11 bits per heavy atom. The summed E-state index contributed by atoms with van der Waals surface area (Å²) < 4.78 is 14.8. The number of piperazine rings is 1. The summed E-state index contributed by atoms with van der Waals surface area (Å²) in [7, 11) is 1.76. The summed E-state index contributed by atoms with van der Waals surface area (Å²) in [5, 5.41) is 13.9. The summed E-state index contributed by atoms with van der Waals surface area (Å²) in [5.41, 5.74) is 3.54. The summed E-state index contributed by atoms with van der Waals surface area (Å²) >= 11 is 0. The zero-order valence-corrected chi connectivity index (χ0v) is 21.5. The van der Waals surface area contributed by atoms with Crippen LogP contribution in [0.2, 0.25) is 0 Å². The molecule has 9 nitrogen and oxygen atoms in total. The molecule has 190 valence electrons. The second-order valence-corrected chi connectivity index (χ2v) is 9.70. The largest absolute Gasteiger partial charge is 0.486 e. The quantitative estimate of drug-likeness (QED) is 0.523. The van der Waals surface area contributed by atoms with Crippen molar-refractivity contribution in [3.05, 3.63) is 46.4 Å². The Balaban J connectivity index is 1.48. The number of benzene rings is 1. The Morgan fingerprint density at radius 3 is 2.58 bits per heavy atom. The number of ether oxygens (including phenoxy) is 2. The predicted octanol–water partition coefficient (Wildman–Crippen LogP) is 3.47. The van der Waals surface area contributed by atoms with Crippen LogP contribution in [0.25, 0.3) is 11.0 Å². The maximum Gasteiger partial charge on any atom is 0.252 e. The number of hydrogen-bond donors (Lipinski definition) is 0. The number of aryl methyl sites for hydroxylation is 1. The molecule has 5 rings (SSSR count). The van der Waals surface area contributed by atoms with Gasteiger partial charge in [-0.3, -0.25) is 14.4 Å². The number of fused-ring (bicyclic) bond motifs is 2. The Kier molecular flexibility index (Phi) is 6.63. The molecule has 2 aromatic heterocycles. The number of anilines is 1. The SMILES string of the molecule is CC[C@H]1CN(C(C)c2ccc3c(c2)OCCO3)[C@H](CC)CN1c1cc(=O)n(C)c2cn(CC#N)nc12. The first kappa shape index (κ1) is 24.2. The summed E-state index contributed by atoms with van der Waals surface area (Å²) in [6.07, 6.45) is 3.72. The molecule has 3 aromatic rings. The molecule has 0 amide bonds. The lowest BCUT2D eigenvalue weighted by atomic mass is 9.96. The van der Waals surface area contributed by atoms with Crippen LogP contribution in [0.4, 0.5) is 5.69 Å². The van der Waals surface area contributed by atoms with E-state index in [-0.39, 0.29) is 24.2 Å². The maximum absolute atomic E-state index is 12.9. The van der Waals surface area contributed by atoms with E-state index >= 15 is 0 Å². The first-order chi connectivity index (χ1) is 17.4. The third-order valence-electron chi connectivity index (χ3n) is 7.71. The van der Waals surface area contributed by atoms with Crippen LogP contribution in [0.15, 0.2) is 35.3 Å². The number of rotatable bonds is 6. The maximum atomic E-state index is 12.9. The van der Waals surface area contributed by atoms with Gasteiger partial charge in [-0.2, -0.15) is 10.4 Å². The first-order valence-corrected chi connectivity index (χ1v) is 12.8. The molecule has 0 spiro atoms. The van der Waals surface area contributed by atoms with Gasteiger partial charge in [0.25, 0.3) is 5.56 Å². The highest BCUT2D eigenvalue weighted by atomic mass is 16.6. The fourth-order valence-corrected chi connectivity index (χ4v) is 5.58. The number of hydrogen-bond acceptors (Lipinski definition) is 7. The standard InChI is InChI=1S/C27H34N6O3/c1-5-20-16-33(22-14-26(34)30(4)23-17-31(10-9-28)29-27(22)23)21(6-2)15-32(20)18(3)19-7-8-24-25(13-19)36-12-11-35-24/h7-8,13-14,17-18,20-21H,5-6,10-12,15-16H2,1-4H3/t18?,20-,21+/m1/s1. The molecule has 1 aromatic carbocycles. The molecule has 1 fully saturated rings. The number of nitriles is 1. The van der Waals surface area contributed by atoms with E-state index in [1.165, 1.54) is 5.56 Å². The van der Waals surface area contributed by atoms with Gasteiger partial charge in [0.05, 0.1) is 23.5 Å². The van der Waals surface area contributed by atoms with Gasteiger partial charge in [0, 0.05) is 44.3 Å². The molecule has 9 heteroatoms. The first-order valence-electron chi connectivity index (χ1n) is 12.8. The van der Waals surface area contributed by atoms with Crippen LogP contribution in [0.1, 0.15) is 45.2 Å². The Labute approximate surface area is 211 Å². The van der Waals surface area contributed by atoms with Gasteiger partial charge in [0.15, 0.2) is 11.5 Å². The zero-order valence-electron chi connectivity index (χ0n) is 21.5. The third-order valence-corrected chi connectivity index (χ3v) is 7.71. The minimum Gasteiger partial charge on any atom is -0.486 e. The number of pyridine rings is 1. The number of aromatic nitrogens is 3. The zero-order chi connectivity index (χ0) is 25.4. The van der Waals surface area contributed by atoms with Crippen molar-refractivity contribution in [2.45, 2.75) is 58.3 Å². The highest BCUT2D eigenvalue weighted by molar-refractivity contribution is 5.88. The fraction of sp³-hybridized carbons (Fsp3) is 0.519. The van der Waals surface area contributed by atoms with Crippen LogP contribution >= 0.6 is 0 Å². The van der Waals surface area contributed by atoms with Gasteiger partial charge in [-0.05, 0) is 37.5 Å².